The molecule has 0 bridgehead atoms. The molecular formula is C10H14N6O2. The molecular weight excluding hydrogens is 236 g/mol. The fourth-order valence-electron chi connectivity index (χ4n) is 1.88. The van der Waals surface area contributed by atoms with Crippen molar-refractivity contribution in [1.82, 2.24) is 15.3 Å². The second-order valence-corrected chi connectivity index (χ2v) is 3.87. The van der Waals surface area contributed by atoms with Gasteiger partial charge in [-0.25, -0.2) is 10.8 Å². The minimum atomic E-state index is -0.426. The van der Waals surface area contributed by atoms with Gasteiger partial charge in [-0.3, -0.25) is 19.9 Å². The van der Waals surface area contributed by atoms with Crippen LogP contribution in [0.15, 0.2) is 12.4 Å². The molecule has 1 fully saturated rings. The molecule has 4 N–H and O–H groups in total. The SMILES string of the molecule is CCC1C(=O)NC(=O)CN1c1cncc(NN)n1. The lowest BCUT2D eigenvalue weighted by Crippen LogP contribution is -2.58. The summed E-state index contributed by atoms with van der Waals surface area (Å²) in [5.74, 6) is 5.41. The van der Waals surface area contributed by atoms with Crippen LogP contribution < -0.4 is 21.5 Å². The Morgan fingerprint density at radius 1 is 1.56 bits per heavy atom. The zero-order valence-corrected chi connectivity index (χ0v) is 9.88. The van der Waals surface area contributed by atoms with E-state index in [4.69, 9.17) is 5.84 Å². The van der Waals surface area contributed by atoms with Crippen LogP contribution in [-0.4, -0.2) is 34.4 Å². The molecule has 1 aromatic heterocycles. The van der Waals surface area contributed by atoms with E-state index in [1.165, 1.54) is 12.4 Å². The largest absolute Gasteiger partial charge is 0.334 e. The summed E-state index contributed by atoms with van der Waals surface area (Å²) in [6, 6.07) is -0.426. The van der Waals surface area contributed by atoms with Crippen LogP contribution in [0.2, 0.25) is 0 Å². The van der Waals surface area contributed by atoms with E-state index in [1.54, 1.807) is 4.90 Å². The quantitative estimate of drug-likeness (QED) is 0.358. The van der Waals surface area contributed by atoms with E-state index in [-0.39, 0.29) is 18.4 Å². The third-order valence-corrected chi connectivity index (χ3v) is 2.71. The van der Waals surface area contributed by atoms with Crippen molar-refractivity contribution in [2.24, 2.45) is 5.84 Å². The molecule has 2 rings (SSSR count). The number of amides is 2. The Balaban J connectivity index is 2.33. The van der Waals surface area contributed by atoms with Crippen LogP contribution in [0.5, 0.6) is 0 Å². The molecule has 0 saturated carbocycles. The van der Waals surface area contributed by atoms with Crippen LogP contribution in [0, 0.1) is 0 Å². The highest BCUT2D eigenvalue weighted by Crippen LogP contribution is 2.18. The van der Waals surface area contributed by atoms with Gasteiger partial charge in [-0.2, -0.15) is 0 Å². The van der Waals surface area contributed by atoms with Crippen LogP contribution in [0.4, 0.5) is 11.6 Å². The van der Waals surface area contributed by atoms with Gasteiger partial charge in [0.15, 0.2) is 11.6 Å². The van der Waals surface area contributed by atoms with Crippen molar-refractivity contribution < 1.29 is 9.59 Å². The second-order valence-electron chi connectivity index (χ2n) is 3.87. The smallest absolute Gasteiger partial charge is 0.249 e. The predicted octanol–water partition coefficient (Wildman–Crippen LogP) is -0.996. The summed E-state index contributed by atoms with van der Waals surface area (Å²) in [6.07, 6.45) is 3.52. The van der Waals surface area contributed by atoms with Gasteiger partial charge in [0.25, 0.3) is 0 Å². The third kappa shape index (κ3) is 2.23. The highest BCUT2D eigenvalue weighted by atomic mass is 16.2. The number of carbonyl (C=O) groups excluding carboxylic acids is 2. The fraction of sp³-hybridized carbons (Fsp3) is 0.400. The van der Waals surface area contributed by atoms with Gasteiger partial charge in [-0.15, -0.1) is 0 Å². The lowest BCUT2D eigenvalue weighted by atomic mass is 10.1. The van der Waals surface area contributed by atoms with Gasteiger partial charge in [-0.1, -0.05) is 6.92 Å². The van der Waals surface area contributed by atoms with Gasteiger partial charge in [0.2, 0.25) is 11.8 Å². The van der Waals surface area contributed by atoms with Crippen molar-refractivity contribution in [2.45, 2.75) is 19.4 Å². The molecule has 8 nitrogen and oxygen atoms in total. The van der Waals surface area contributed by atoms with Gasteiger partial charge in [0.1, 0.15) is 6.04 Å². The molecule has 0 aliphatic carbocycles. The van der Waals surface area contributed by atoms with E-state index >= 15 is 0 Å². The number of piperazine rings is 1. The van der Waals surface area contributed by atoms with Crippen molar-refractivity contribution in [3.8, 4) is 0 Å². The molecule has 0 spiro atoms. The zero-order chi connectivity index (χ0) is 13.1. The van der Waals surface area contributed by atoms with Crippen molar-refractivity contribution in [2.75, 3.05) is 16.9 Å². The van der Waals surface area contributed by atoms with Crippen molar-refractivity contribution in [3.05, 3.63) is 12.4 Å². The number of nitrogens with one attached hydrogen (secondary N) is 2. The summed E-state index contributed by atoms with van der Waals surface area (Å²) in [5, 5.41) is 2.30. The van der Waals surface area contributed by atoms with Crippen LogP contribution in [0.1, 0.15) is 13.3 Å². The molecule has 1 aromatic rings. The summed E-state index contributed by atoms with van der Waals surface area (Å²) in [4.78, 5) is 32.9. The highest BCUT2D eigenvalue weighted by Gasteiger charge is 2.33. The maximum Gasteiger partial charge on any atom is 0.249 e. The number of nitrogens with two attached hydrogens (primary N) is 1. The number of nitrogens with zero attached hydrogens (tertiary/aromatic N) is 3. The van der Waals surface area contributed by atoms with Crippen molar-refractivity contribution >= 4 is 23.5 Å². The standard InChI is InChI=1S/C10H14N6O2/c1-2-6-10(18)14-9(17)5-16(6)8-4-12-3-7(13-8)15-11/h3-4,6H,2,5,11H2,1H3,(H,13,15)(H,14,17,18). The Bertz CT molecular complexity index is 477. The number of hydrogen-bond donors (Lipinski definition) is 3. The minimum absolute atomic E-state index is 0.0763. The number of nitrogen functional groups attached to an aromatic ring is 1. The number of anilines is 2. The lowest BCUT2D eigenvalue weighted by molar-refractivity contribution is -0.132. The monoisotopic (exact) mass is 250 g/mol. The molecule has 1 aliphatic heterocycles. The molecule has 2 amide bonds. The first-order valence-electron chi connectivity index (χ1n) is 5.54. The zero-order valence-electron chi connectivity index (χ0n) is 9.88. The van der Waals surface area contributed by atoms with Gasteiger partial charge in [0.05, 0.1) is 18.9 Å². The summed E-state index contributed by atoms with van der Waals surface area (Å²) in [6.45, 7) is 1.94. The number of hydrazine groups is 1. The number of hydrogen-bond acceptors (Lipinski definition) is 7. The first-order chi connectivity index (χ1) is 8.65. The van der Waals surface area contributed by atoms with Crippen molar-refractivity contribution in [3.63, 3.8) is 0 Å². The maximum atomic E-state index is 11.7. The molecule has 2 heterocycles. The Labute approximate surface area is 104 Å². The first kappa shape index (κ1) is 12.2. The van der Waals surface area contributed by atoms with Gasteiger partial charge >= 0.3 is 0 Å². The van der Waals surface area contributed by atoms with Gasteiger partial charge < -0.3 is 10.3 Å². The molecule has 1 saturated heterocycles. The molecule has 1 unspecified atom stereocenters. The maximum absolute atomic E-state index is 11.7. The third-order valence-electron chi connectivity index (χ3n) is 2.71. The summed E-state index contributed by atoms with van der Waals surface area (Å²) < 4.78 is 0. The summed E-state index contributed by atoms with van der Waals surface area (Å²) >= 11 is 0. The fourth-order valence-corrected chi connectivity index (χ4v) is 1.88. The van der Waals surface area contributed by atoms with Gasteiger partial charge in [-0.05, 0) is 6.42 Å². The topological polar surface area (TPSA) is 113 Å². The summed E-state index contributed by atoms with van der Waals surface area (Å²) in [7, 11) is 0. The molecule has 0 aromatic carbocycles. The number of rotatable bonds is 3. The van der Waals surface area contributed by atoms with Gasteiger partial charge in [0, 0.05) is 0 Å². The first-order valence-corrected chi connectivity index (χ1v) is 5.54. The number of imide groups is 1. The Hall–Kier alpha value is -2.22. The highest BCUT2D eigenvalue weighted by molar-refractivity contribution is 6.04. The Morgan fingerprint density at radius 3 is 3.00 bits per heavy atom. The van der Waals surface area contributed by atoms with E-state index in [0.717, 1.165) is 0 Å². The Kier molecular flexibility index (Phi) is 3.38. The summed E-state index contributed by atoms with van der Waals surface area (Å²) in [5.41, 5.74) is 2.38. The molecule has 96 valence electrons. The molecule has 18 heavy (non-hydrogen) atoms. The number of carbonyl (C=O) groups is 2. The van der Waals surface area contributed by atoms with E-state index in [9.17, 15) is 9.59 Å². The van der Waals surface area contributed by atoms with E-state index in [0.29, 0.717) is 18.1 Å². The van der Waals surface area contributed by atoms with E-state index in [1.807, 2.05) is 6.92 Å². The molecule has 1 atom stereocenters. The van der Waals surface area contributed by atoms with Crippen LogP contribution in [0.25, 0.3) is 0 Å². The predicted molar refractivity (Wildman–Crippen MR) is 64.4 cm³/mol. The van der Waals surface area contributed by atoms with Crippen LogP contribution in [-0.2, 0) is 9.59 Å². The molecule has 8 heteroatoms. The normalized spacial score (nSPS) is 19.7. The average molecular weight is 250 g/mol. The van der Waals surface area contributed by atoms with Crippen LogP contribution in [0.3, 0.4) is 0 Å². The van der Waals surface area contributed by atoms with E-state index in [2.05, 4.69) is 20.7 Å². The van der Waals surface area contributed by atoms with E-state index < -0.39 is 6.04 Å². The lowest BCUT2D eigenvalue weighted by Gasteiger charge is -2.34. The Morgan fingerprint density at radius 2 is 2.33 bits per heavy atom. The minimum Gasteiger partial charge on any atom is -0.334 e. The molecule has 0 radical (unpaired) electrons. The second kappa shape index (κ2) is 4.96. The average Bonchev–Trinajstić information content (AvgIpc) is 2.38. The number of aromatic nitrogens is 2. The van der Waals surface area contributed by atoms with Crippen LogP contribution >= 0.6 is 0 Å². The molecule has 1 aliphatic rings. The van der Waals surface area contributed by atoms with Crippen molar-refractivity contribution in [1.29, 1.82) is 0 Å².